The number of nitrogens with zero attached hydrogens (tertiary/aromatic N) is 2. The molecule has 0 aliphatic heterocycles. The number of hydrogen-bond donors (Lipinski definition) is 0. The Bertz CT molecular complexity index is 704. The van der Waals surface area contributed by atoms with E-state index >= 15 is 0 Å². The number of hydrogen-bond acceptors (Lipinski definition) is 1. The highest BCUT2D eigenvalue weighted by Crippen LogP contribution is 2.19. The second kappa shape index (κ2) is 6.77. The van der Waals surface area contributed by atoms with Gasteiger partial charge in [0.25, 0.3) is 0 Å². The average Bonchev–Trinajstić information content (AvgIpc) is 2.86. The molecule has 0 spiro atoms. The SMILES string of the molecule is ClCCCCn1c(Cc2ccccc2)nc2ccccc21. The summed E-state index contributed by atoms with van der Waals surface area (Å²) in [6, 6.07) is 18.9. The van der Waals surface area contributed by atoms with Crippen LogP contribution < -0.4 is 0 Å². The van der Waals surface area contributed by atoms with Crippen LogP contribution in [0.25, 0.3) is 11.0 Å². The molecule has 0 atom stereocenters. The molecule has 3 aromatic rings. The van der Waals surface area contributed by atoms with E-state index < -0.39 is 0 Å². The summed E-state index contributed by atoms with van der Waals surface area (Å²) < 4.78 is 2.34. The first-order valence-corrected chi connectivity index (χ1v) is 7.96. The van der Waals surface area contributed by atoms with Crippen LogP contribution in [0.15, 0.2) is 54.6 Å². The predicted molar refractivity (Wildman–Crippen MR) is 88.9 cm³/mol. The van der Waals surface area contributed by atoms with Crippen molar-refractivity contribution in [2.45, 2.75) is 25.8 Å². The summed E-state index contributed by atoms with van der Waals surface area (Å²) in [4.78, 5) is 4.82. The lowest BCUT2D eigenvalue weighted by atomic mass is 10.1. The van der Waals surface area contributed by atoms with Crippen molar-refractivity contribution in [1.82, 2.24) is 9.55 Å². The number of imidazole rings is 1. The number of alkyl halides is 1. The second-order valence-electron chi connectivity index (χ2n) is 5.23. The average molecular weight is 299 g/mol. The van der Waals surface area contributed by atoms with E-state index in [-0.39, 0.29) is 0 Å². The maximum absolute atomic E-state index is 5.80. The molecule has 1 heterocycles. The minimum atomic E-state index is 0.723. The molecule has 3 heteroatoms. The van der Waals surface area contributed by atoms with Crippen molar-refractivity contribution in [3.05, 3.63) is 66.0 Å². The fourth-order valence-corrected chi connectivity index (χ4v) is 2.84. The lowest BCUT2D eigenvalue weighted by Crippen LogP contribution is -2.05. The molecule has 2 nitrogen and oxygen atoms in total. The van der Waals surface area contributed by atoms with Crippen LogP contribution in [0, 0.1) is 0 Å². The third-order valence-electron chi connectivity index (χ3n) is 3.70. The topological polar surface area (TPSA) is 17.8 Å². The largest absolute Gasteiger partial charge is 0.328 e. The number of halogens is 1. The first-order chi connectivity index (χ1) is 10.4. The van der Waals surface area contributed by atoms with Gasteiger partial charge in [-0.3, -0.25) is 0 Å². The second-order valence-corrected chi connectivity index (χ2v) is 5.60. The number of unbranched alkanes of at least 4 members (excludes halogenated alkanes) is 1. The van der Waals surface area contributed by atoms with E-state index in [4.69, 9.17) is 16.6 Å². The molecule has 108 valence electrons. The Balaban J connectivity index is 1.94. The van der Waals surface area contributed by atoms with Gasteiger partial charge in [-0.15, -0.1) is 11.6 Å². The van der Waals surface area contributed by atoms with Crippen LogP contribution in [0.3, 0.4) is 0 Å². The van der Waals surface area contributed by atoms with Crippen LogP contribution in [0.1, 0.15) is 24.2 Å². The molecule has 0 N–H and O–H groups in total. The molecule has 0 fully saturated rings. The lowest BCUT2D eigenvalue weighted by Gasteiger charge is -2.09. The van der Waals surface area contributed by atoms with Crippen molar-refractivity contribution in [2.24, 2.45) is 0 Å². The van der Waals surface area contributed by atoms with Crippen molar-refractivity contribution in [3.8, 4) is 0 Å². The van der Waals surface area contributed by atoms with E-state index in [1.54, 1.807) is 0 Å². The molecule has 0 aliphatic rings. The number of fused-ring (bicyclic) bond motifs is 1. The van der Waals surface area contributed by atoms with Gasteiger partial charge in [0.05, 0.1) is 11.0 Å². The van der Waals surface area contributed by atoms with Gasteiger partial charge in [-0.25, -0.2) is 4.98 Å². The molecule has 0 unspecified atom stereocenters. The fourth-order valence-electron chi connectivity index (χ4n) is 2.65. The molecule has 3 rings (SSSR count). The standard InChI is InChI=1S/C18H19ClN2/c19-12-6-7-13-21-17-11-5-4-10-16(17)20-18(21)14-15-8-2-1-3-9-15/h1-5,8-11H,6-7,12-14H2. The zero-order valence-electron chi connectivity index (χ0n) is 12.0. The monoisotopic (exact) mass is 298 g/mol. The van der Waals surface area contributed by atoms with Crippen molar-refractivity contribution in [3.63, 3.8) is 0 Å². The van der Waals surface area contributed by atoms with Crippen molar-refractivity contribution in [2.75, 3.05) is 5.88 Å². The predicted octanol–water partition coefficient (Wildman–Crippen LogP) is 4.65. The Morgan fingerprint density at radius 1 is 0.905 bits per heavy atom. The van der Waals surface area contributed by atoms with Crippen molar-refractivity contribution < 1.29 is 0 Å². The number of para-hydroxylation sites is 2. The van der Waals surface area contributed by atoms with E-state index in [2.05, 4.69) is 47.0 Å². The molecule has 0 aliphatic carbocycles. The highest BCUT2D eigenvalue weighted by molar-refractivity contribution is 6.17. The van der Waals surface area contributed by atoms with E-state index in [1.807, 2.05) is 12.1 Å². The fraction of sp³-hybridized carbons (Fsp3) is 0.278. The number of rotatable bonds is 6. The van der Waals surface area contributed by atoms with Gasteiger partial charge in [0.1, 0.15) is 5.82 Å². The summed E-state index contributed by atoms with van der Waals surface area (Å²) in [6.07, 6.45) is 3.00. The molecular weight excluding hydrogens is 280 g/mol. The van der Waals surface area contributed by atoms with Gasteiger partial charge < -0.3 is 4.57 Å². The summed E-state index contributed by atoms with van der Waals surface area (Å²) in [7, 11) is 0. The summed E-state index contributed by atoms with van der Waals surface area (Å²) in [6.45, 7) is 0.982. The Labute approximate surface area is 130 Å². The van der Waals surface area contributed by atoms with Gasteiger partial charge in [0, 0.05) is 18.8 Å². The van der Waals surface area contributed by atoms with Gasteiger partial charge in [-0.05, 0) is 30.5 Å². The van der Waals surface area contributed by atoms with E-state index in [0.29, 0.717) is 0 Å². The highest BCUT2D eigenvalue weighted by atomic mass is 35.5. The molecular formula is C18H19ClN2. The Kier molecular flexibility index (Phi) is 4.56. The van der Waals surface area contributed by atoms with Gasteiger partial charge in [0.2, 0.25) is 0 Å². The van der Waals surface area contributed by atoms with Gasteiger partial charge in [-0.1, -0.05) is 42.5 Å². The molecule has 0 bridgehead atoms. The lowest BCUT2D eigenvalue weighted by molar-refractivity contribution is 0.625. The summed E-state index contributed by atoms with van der Waals surface area (Å²) >= 11 is 5.80. The normalized spacial score (nSPS) is 11.1. The zero-order valence-corrected chi connectivity index (χ0v) is 12.8. The van der Waals surface area contributed by atoms with Gasteiger partial charge >= 0.3 is 0 Å². The quantitative estimate of drug-likeness (QED) is 0.478. The van der Waals surface area contributed by atoms with Crippen LogP contribution in [0.5, 0.6) is 0 Å². The van der Waals surface area contributed by atoms with Crippen LogP contribution in [0.2, 0.25) is 0 Å². The molecule has 0 amide bonds. The maximum Gasteiger partial charge on any atom is 0.114 e. The van der Waals surface area contributed by atoms with Crippen molar-refractivity contribution in [1.29, 1.82) is 0 Å². The number of benzene rings is 2. The van der Waals surface area contributed by atoms with E-state index in [1.165, 1.54) is 11.1 Å². The van der Waals surface area contributed by atoms with Crippen LogP contribution in [-0.4, -0.2) is 15.4 Å². The zero-order chi connectivity index (χ0) is 14.5. The minimum Gasteiger partial charge on any atom is -0.328 e. The Morgan fingerprint density at radius 3 is 2.48 bits per heavy atom. The van der Waals surface area contributed by atoms with Crippen LogP contribution in [0.4, 0.5) is 0 Å². The van der Waals surface area contributed by atoms with Gasteiger partial charge in [-0.2, -0.15) is 0 Å². The third kappa shape index (κ3) is 3.27. The first kappa shape index (κ1) is 14.2. The number of aromatic nitrogens is 2. The molecule has 0 radical (unpaired) electrons. The molecule has 21 heavy (non-hydrogen) atoms. The number of aryl methyl sites for hydroxylation is 1. The van der Waals surface area contributed by atoms with Crippen LogP contribution >= 0.6 is 11.6 Å². The smallest absolute Gasteiger partial charge is 0.114 e. The van der Waals surface area contributed by atoms with Crippen LogP contribution in [-0.2, 0) is 13.0 Å². The molecule has 2 aromatic carbocycles. The summed E-state index contributed by atoms with van der Waals surface area (Å²) in [5.41, 5.74) is 3.60. The molecule has 0 saturated carbocycles. The highest BCUT2D eigenvalue weighted by Gasteiger charge is 2.10. The molecule has 0 saturated heterocycles. The third-order valence-corrected chi connectivity index (χ3v) is 3.97. The summed E-state index contributed by atoms with van der Waals surface area (Å²) in [5, 5.41) is 0. The Morgan fingerprint density at radius 2 is 1.67 bits per heavy atom. The van der Waals surface area contributed by atoms with E-state index in [9.17, 15) is 0 Å². The van der Waals surface area contributed by atoms with Crippen molar-refractivity contribution >= 4 is 22.6 Å². The Hall–Kier alpha value is -1.80. The first-order valence-electron chi connectivity index (χ1n) is 7.42. The summed E-state index contributed by atoms with van der Waals surface area (Å²) in [5.74, 6) is 1.86. The molecule has 1 aromatic heterocycles. The maximum atomic E-state index is 5.80. The van der Waals surface area contributed by atoms with Gasteiger partial charge in [0.15, 0.2) is 0 Å². The minimum absolute atomic E-state index is 0.723. The van der Waals surface area contributed by atoms with E-state index in [0.717, 1.165) is 43.0 Å².